The first-order chi connectivity index (χ1) is 12.2. The SMILES string of the molecule is CN(C[C@@H]1CCN(CCN)C1)c1ncc(B2OC(C)(C)C(C)(C)O2)cn1. The molecule has 1 atom stereocenters. The van der Waals surface area contributed by atoms with Crippen molar-refractivity contribution < 1.29 is 9.31 Å². The van der Waals surface area contributed by atoms with Crippen molar-refractivity contribution in [2.75, 3.05) is 44.7 Å². The van der Waals surface area contributed by atoms with Crippen LogP contribution in [0.15, 0.2) is 12.4 Å². The van der Waals surface area contributed by atoms with E-state index in [1.807, 2.05) is 40.1 Å². The first kappa shape index (κ1) is 19.5. The fourth-order valence-corrected chi connectivity index (χ4v) is 3.55. The lowest BCUT2D eigenvalue weighted by molar-refractivity contribution is 0.00578. The van der Waals surface area contributed by atoms with E-state index in [1.165, 1.54) is 6.42 Å². The molecule has 1 aromatic rings. The van der Waals surface area contributed by atoms with Crippen LogP contribution in [0.4, 0.5) is 5.95 Å². The second kappa shape index (κ2) is 7.42. The minimum absolute atomic E-state index is 0.356. The molecule has 2 aliphatic heterocycles. The zero-order chi connectivity index (χ0) is 18.9. The van der Waals surface area contributed by atoms with Gasteiger partial charge in [-0.05, 0) is 46.6 Å². The molecule has 2 saturated heterocycles. The first-order valence-electron chi connectivity index (χ1n) is 9.53. The second-order valence-electron chi connectivity index (χ2n) is 8.53. The van der Waals surface area contributed by atoms with Crippen LogP contribution in [0.2, 0.25) is 0 Å². The van der Waals surface area contributed by atoms with Gasteiger partial charge in [0, 0.05) is 51.1 Å². The number of aromatic nitrogens is 2. The maximum absolute atomic E-state index is 6.06. The van der Waals surface area contributed by atoms with Crippen molar-refractivity contribution >= 4 is 18.5 Å². The van der Waals surface area contributed by atoms with Crippen molar-refractivity contribution in [3.8, 4) is 0 Å². The predicted octanol–water partition coefficient (Wildman–Crippen LogP) is 0.493. The van der Waals surface area contributed by atoms with Gasteiger partial charge in [0.2, 0.25) is 5.95 Å². The number of hydrogen-bond donors (Lipinski definition) is 1. The van der Waals surface area contributed by atoms with E-state index in [0.717, 1.165) is 44.1 Å². The molecule has 3 rings (SSSR count). The largest absolute Gasteiger partial charge is 0.498 e. The van der Waals surface area contributed by atoms with Gasteiger partial charge in [0.15, 0.2) is 0 Å². The highest BCUT2D eigenvalue weighted by Crippen LogP contribution is 2.36. The Labute approximate surface area is 157 Å². The van der Waals surface area contributed by atoms with E-state index in [-0.39, 0.29) is 11.2 Å². The van der Waals surface area contributed by atoms with Crippen LogP contribution >= 0.6 is 0 Å². The fourth-order valence-electron chi connectivity index (χ4n) is 3.55. The highest BCUT2D eigenvalue weighted by molar-refractivity contribution is 6.61. The average molecular weight is 361 g/mol. The Morgan fingerprint density at radius 3 is 2.42 bits per heavy atom. The van der Waals surface area contributed by atoms with Gasteiger partial charge < -0.3 is 24.8 Å². The van der Waals surface area contributed by atoms with Crippen LogP contribution in [0.3, 0.4) is 0 Å². The van der Waals surface area contributed by atoms with Gasteiger partial charge in [-0.15, -0.1) is 0 Å². The Bertz CT molecular complexity index is 594. The van der Waals surface area contributed by atoms with Crippen LogP contribution in [0.25, 0.3) is 0 Å². The van der Waals surface area contributed by atoms with Crippen LogP contribution in [-0.4, -0.2) is 73.0 Å². The van der Waals surface area contributed by atoms with Crippen LogP contribution in [0.5, 0.6) is 0 Å². The molecular formula is C18H32BN5O2. The molecular weight excluding hydrogens is 329 g/mol. The average Bonchev–Trinajstić information content (AvgIpc) is 3.09. The highest BCUT2D eigenvalue weighted by atomic mass is 16.7. The molecule has 0 saturated carbocycles. The lowest BCUT2D eigenvalue weighted by atomic mass is 9.81. The van der Waals surface area contributed by atoms with Gasteiger partial charge >= 0.3 is 7.12 Å². The number of nitrogens with zero attached hydrogens (tertiary/aromatic N) is 4. The quantitative estimate of drug-likeness (QED) is 0.739. The Morgan fingerprint density at radius 1 is 1.23 bits per heavy atom. The molecule has 2 fully saturated rings. The number of likely N-dealkylation sites (tertiary alicyclic amines) is 1. The maximum Gasteiger partial charge on any atom is 0.498 e. The van der Waals surface area contributed by atoms with Gasteiger partial charge in [0.1, 0.15) is 0 Å². The normalized spacial score (nSPS) is 25.0. The van der Waals surface area contributed by atoms with Crippen molar-refractivity contribution in [1.82, 2.24) is 14.9 Å². The minimum atomic E-state index is -0.418. The molecule has 7 nitrogen and oxygen atoms in total. The van der Waals surface area contributed by atoms with Crippen molar-refractivity contribution in [2.24, 2.45) is 11.7 Å². The van der Waals surface area contributed by atoms with Crippen molar-refractivity contribution in [1.29, 1.82) is 0 Å². The summed E-state index contributed by atoms with van der Waals surface area (Å²) in [5.74, 6) is 1.38. The molecule has 0 bridgehead atoms. The van der Waals surface area contributed by atoms with Gasteiger partial charge in [0.05, 0.1) is 11.2 Å². The van der Waals surface area contributed by atoms with E-state index in [1.54, 1.807) is 0 Å². The molecule has 0 unspecified atom stereocenters. The Morgan fingerprint density at radius 2 is 1.85 bits per heavy atom. The van der Waals surface area contributed by atoms with E-state index < -0.39 is 7.12 Å². The minimum Gasteiger partial charge on any atom is -0.399 e. The monoisotopic (exact) mass is 361 g/mol. The molecule has 8 heteroatoms. The summed E-state index contributed by atoms with van der Waals surface area (Å²) in [6.45, 7) is 13.1. The summed E-state index contributed by atoms with van der Waals surface area (Å²) in [7, 11) is 1.63. The van der Waals surface area contributed by atoms with E-state index in [4.69, 9.17) is 15.0 Å². The van der Waals surface area contributed by atoms with E-state index in [0.29, 0.717) is 5.92 Å². The van der Waals surface area contributed by atoms with E-state index >= 15 is 0 Å². The Kier molecular flexibility index (Phi) is 5.58. The topological polar surface area (TPSA) is 76.7 Å². The van der Waals surface area contributed by atoms with Gasteiger partial charge in [0.25, 0.3) is 0 Å². The molecule has 144 valence electrons. The maximum atomic E-state index is 6.06. The summed E-state index contributed by atoms with van der Waals surface area (Å²) < 4.78 is 12.1. The van der Waals surface area contributed by atoms with E-state index in [9.17, 15) is 0 Å². The molecule has 0 spiro atoms. The summed E-state index contributed by atoms with van der Waals surface area (Å²) in [5.41, 5.74) is 5.80. The number of rotatable bonds is 6. The molecule has 1 aromatic heterocycles. The van der Waals surface area contributed by atoms with E-state index in [2.05, 4.69) is 26.8 Å². The summed E-state index contributed by atoms with van der Waals surface area (Å²) in [6, 6.07) is 0. The van der Waals surface area contributed by atoms with Crippen LogP contribution < -0.4 is 16.1 Å². The molecule has 0 radical (unpaired) electrons. The van der Waals surface area contributed by atoms with Gasteiger partial charge in [-0.1, -0.05) is 0 Å². The van der Waals surface area contributed by atoms with Crippen LogP contribution in [-0.2, 0) is 9.31 Å². The molecule has 3 heterocycles. The molecule has 2 aliphatic rings. The number of nitrogens with two attached hydrogens (primary N) is 1. The summed E-state index contributed by atoms with van der Waals surface area (Å²) in [5, 5.41) is 0. The molecule has 0 amide bonds. The zero-order valence-electron chi connectivity index (χ0n) is 16.7. The Hall–Kier alpha value is -1.22. The van der Waals surface area contributed by atoms with Gasteiger partial charge in [-0.3, -0.25) is 0 Å². The van der Waals surface area contributed by atoms with Crippen LogP contribution in [0.1, 0.15) is 34.1 Å². The summed E-state index contributed by atoms with van der Waals surface area (Å²) in [6.07, 6.45) is 4.84. The molecule has 0 aromatic carbocycles. The van der Waals surface area contributed by atoms with Gasteiger partial charge in [-0.2, -0.15) is 0 Å². The summed E-state index contributed by atoms with van der Waals surface area (Å²) in [4.78, 5) is 13.6. The standard InChI is InChI=1S/C18H32BN5O2/c1-17(2)18(3,4)26-19(25-17)15-10-21-16(22-11-15)23(5)12-14-6-8-24(13-14)9-7-20/h10-11,14H,6-9,12-13,20H2,1-5H3/t14-/m0/s1. The van der Waals surface area contributed by atoms with Crippen LogP contribution in [0, 0.1) is 5.92 Å². The highest BCUT2D eigenvalue weighted by Gasteiger charge is 2.52. The smallest absolute Gasteiger partial charge is 0.399 e. The van der Waals surface area contributed by atoms with Gasteiger partial charge in [-0.25, -0.2) is 9.97 Å². The van der Waals surface area contributed by atoms with Crippen molar-refractivity contribution in [2.45, 2.75) is 45.3 Å². The summed E-state index contributed by atoms with van der Waals surface area (Å²) >= 11 is 0. The lowest BCUT2D eigenvalue weighted by Crippen LogP contribution is -2.41. The molecule has 2 N–H and O–H groups in total. The first-order valence-corrected chi connectivity index (χ1v) is 9.53. The zero-order valence-corrected chi connectivity index (χ0v) is 16.7. The van der Waals surface area contributed by atoms with Crippen molar-refractivity contribution in [3.05, 3.63) is 12.4 Å². The third-order valence-corrected chi connectivity index (χ3v) is 5.87. The second-order valence-corrected chi connectivity index (χ2v) is 8.53. The van der Waals surface area contributed by atoms with Crippen molar-refractivity contribution in [3.63, 3.8) is 0 Å². The fraction of sp³-hybridized carbons (Fsp3) is 0.778. The lowest BCUT2D eigenvalue weighted by Gasteiger charge is -2.32. The third kappa shape index (κ3) is 4.03. The molecule has 0 aliphatic carbocycles. The third-order valence-electron chi connectivity index (χ3n) is 5.87. The number of hydrogen-bond acceptors (Lipinski definition) is 7. The Balaban J connectivity index is 1.58. The predicted molar refractivity (Wildman–Crippen MR) is 105 cm³/mol. The number of anilines is 1. The molecule has 26 heavy (non-hydrogen) atoms.